The van der Waals surface area contributed by atoms with Crippen molar-refractivity contribution < 1.29 is 0 Å². The smallest absolute Gasteiger partial charge is 0.202 e. The molecule has 1 fully saturated rings. The topological polar surface area (TPSA) is 71.4 Å². The molecule has 0 spiro atoms. The van der Waals surface area contributed by atoms with Crippen LogP contribution in [0.25, 0.3) is 0 Å². The van der Waals surface area contributed by atoms with Crippen LogP contribution >= 0.6 is 23.8 Å². The minimum absolute atomic E-state index is 0.581. The van der Waals surface area contributed by atoms with Gasteiger partial charge in [-0.15, -0.1) is 0 Å². The highest BCUT2D eigenvalue weighted by Gasteiger charge is 2.28. The van der Waals surface area contributed by atoms with Crippen molar-refractivity contribution in [3.63, 3.8) is 0 Å². The van der Waals surface area contributed by atoms with Crippen LogP contribution in [0, 0.1) is 10.7 Å². The Hall–Kier alpha value is -1.28. The number of nitrogens with one attached hydrogen (secondary N) is 2. The fraction of sp³-hybridized carbons (Fsp3) is 0.692. The van der Waals surface area contributed by atoms with Crippen LogP contribution in [-0.2, 0) is 13.0 Å². The lowest BCUT2D eigenvalue weighted by atomic mass is 10.1. The summed E-state index contributed by atoms with van der Waals surface area (Å²) in [6.45, 7) is 5.94. The Morgan fingerprint density at radius 1 is 1.48 bits per heavy atom. The van der Waals surface area contributed by atoms with Crippen molar-refractivity contribution in [1.82, 2.24) is 24.1 Å². The van der Waals surface area contributed by atoms with E-state index in [1.807, 2.05) is 0 Å². The van der Waals surface area contributed by atoms with Crippen molar-refractivity contribution in [2.45, 2.75) is 45.6 Å². The summed E-state index contributed by atoms with van der Waals surface area (Å²) in [4.78, 5) is 4.50. The summed E-state index contributed by atoms with van der Waals surface area (Å²) in [7, 11) is 0. The molecule has 8 heteroatoms. The third-order valence-corrected chi connectivity index (χ3v) is 4.42. The molecular weight excluding hydrogens is 304 g/mol. The van der Waals surface area contributed by atoms with Gasteiger partial charge in [0.15, 0.2) is 4.77 Å². The zero-order valence-electron chi connectivity index (χ0n) is 12.3. The van der Waals surface area contributed by atoms with Gasteiger partial charge < -0.3 is 9.88 Å². The molecule has 1 aliphatic carbocycles. The molecule has 1 saturated carbocycles. The zero-order valence-corrected chi connectivity index (χ0v) is 13.9. The molecule has 0 aliphatic heterocycles. The van der Waals surface area contributed by atoms with Crippen LogP contribution in [0.4, 0.5) is 5.13 Å². The van der Waals surface area contributed by atoms with Crippen molar-refractivity contribution in [2.24, 2.45) is 5.92 Å². The molecule has 0 radical (unpaired) electrons. The molecule has 0 bridgehead atoms. The third kappa shape index (κ3) is 3.68. The second-order valence-electron chi connectivity index (χ2n) is 5.85. The van der Waals surface area contributed by atoms with Crippen molar-refractivity contribution in [1.29, 1.82) is 0 Å². The fourth-order valence-corrected chi connectivity index (χ4v) is 3.10. The SMILES string of the molecule is CC(C)Cc1nsc(NCCn2c(C3CC3)n[nH]c2=S)n1. The number of aromatic amines is 1. The summed E-state index contributed by atoms with van der Waals surface area (Å²) in [5.41, 5.74) is 0. The zero-order chi connectivity index (χ0) is 14.8. The van der Waals surface area contributed by atoms with E-state index in [4.69, 9.17) is 12.2 Å². The van der Waals surface area contributed by atoms with Gasteiger partial charge in [0, 0.05) is 37.0 Å². The normalized spacial score (nSPS) is 14.8. The predicted octanol–water partition coefficient (Wildman–Crippen LogP) is 2.98. The largest absolute Gasteiger partial charge is 0.358 e. The summed E-state index contributed by atoms with van der Waals surface area (Å²) < 4.78 is 7.17. The maximum Gasteiger partial charge on any atom is 0.202 e. The van der Waals surface area contributed by atoms with Crippen LogP contribution < -0.4 is 5.32 Å². The number of H-pyrrole nitrogens is 1. The predicted molar refractivity (Wildman–Crippen MR) is 86.3 cm³/mol. The number of hydrogen-bond acceptors (Lipinski definition) is 6. The number of nitrogens with zero attached hydrogens (tertiary/aromatic N) is 4. The Labute approximate surface area is 133 Å². The lowest BCUT2D eigenvalue weighted by Gasteiger charge is -2.06. The van der Waals surface area contributed by atoms with E-state index < -0.39 is 0 Å². The molecule has 2 heterocycles. The van der Waals surface area contributed by atoms with E-state index in [0.29, 0.717) is 16.6 Å². The van der Waals surface area contributed by atoms with Gasteiger partial charge in [0.2, 0.25) is 5.13 Å². The molecule has 0 amide bonds. The van der Waals surface area contributed by atoms with Gasteiger partial charge >= 0.3 is 0 Å². The van der Waals surface area contributed by atoms with E-state index in [1.54, 1.807) is 0 Å². The van der Waals surface area contributed by atoms with Gasteiger partial charge in [0.1, 0.15) is 11.6 Å². The summed E-state index contributed by atoms with van der Waals surface area (Å²) >= 11 is 6.72. The van der Waals surface area contributed by atoms with E-state index in [1.165, 1.54) is 24.4 Å². The van der Waals surface area contributed by atoms with E-state index in [-0.39, 0.29) is 0 Å². The Morgan fingerprint density at radius 2 is 2.29 bits per heavy atom. The number of hydrogen-bond donors (Lipinski definition) is 2. The van der Waals surface area contributed by atoms with Gasteiger partial charge in [-0.2, -0.15) is 9.47 Å². The van der Waals surface area contributed by atoms with Crippen molar-refractivity contribution in [3.8, 4) is 0 Å². The summed E-state index contributed by atoms with van der Waals surface area (Å²) in [5, 5.41) is 11.4. The van der Waals surface area contributed by atoms with Crippen molar-refractivity contribution in [2.75, 3.05) is 11.9 Å². The lowest BCUT2D eigenvalue weighted by Crippen LogP contribution is -2.12. The van der Waals surface area contributed by atoms with Gasteiger partial charge in [-0.05, 0) is 31.0 Å². The highest BCUT2D eigenvalue weighted by atomic mass is 32.1. The summed E-state index contributed by atoms with van der Waals surface area (Å²) in [6, 6.07) is 0. The van der Waals surface area contributed by atoms with E-state index in [9.17, 15) is 0 Å². The number of aromatic nitrogens is 5. The van der Waals surface area contributed by atoms with Crippen molar-refractivity contribution in [3.05, 3.63) is 16.4 Å². The number of rotatable bonds is 7. The van der Waals surface area contributed by atoms with Crippen LogP contribution in [0.1, 0.15) is 44.3 Å². The molecule has 0 saturated heterocycles. The van der Waals surface area contributed by atoms with Crippen LogP contribution in [0.15, 0.2) is 0 Å². The highest BCUT2D eigenvalue weighted by Crippen LogP contribution is 2.38. The first kappa shape index (κ1) is 14.6. The quantitative estimate of drug-likeness (QED) is 0.766. The Bertz CT molecular complexity index is 652. The third-order valence-electron chi connectivity index (χ3n) is 3.40. The van der Waals surface area contributed by atoms with Gasteiger partial charge in [0.05, 0.1) is 0 Å². The van der Waals surface area contributed by atoms with E-state index in [0.717, 1.165) is 36.3 Å². The molecule has 21 heavy (non-hydrogen) atoms. The van der Waals surface area contributed by atoms with Crippen LogP contribution in [0.2, 0.25) is 0 Å². The van der Waals surface area contributed by atoms with Gasteiger partial charge in [-0.25, -0.2) is 4.98 Å². The van der Waals surface area contributed by atoms with E-state index >= 15 is 0 Å². The lowest BCUT2D eigenvalue weighted by molar-refractivity contribution is 0.627. The number of anilines is 1. The second kappa shape index (κ2) is 6.23. The molecule has 6 nitrogen and oxygen atoms in total. The Morgan fingerprint density at radius 3 is 3.00 bits per heavy atom. The molecule has 2 aromatic rings. The molecule has 114 valence electrons. The first-order chi connectivity index (χ1) is 10.1. The van der Waals surface area contributed by atoms with Gasteiger partial charge in [-0.3, -0.25) is 5.10 Å². The molecule has 1 aliphatic rings. The maximum atomic E-state index is 5.29. The molecule has 0 unspecified atom stereocenters. The first-order valence-electron chi connectivity index (χ1n) is 7.35. The van der Waals surface area contributed by atoms with E-state index in [2.05, 4.69) is 43.3 Å². The minimum Gasteiger partial charge on any atom is -0.358 e. The average molecular weight is 324 g/mol. The second-order valence-corrected chi connectivity index (χ2v) is 6.99. The maximum absolute atomic E-state index is 5.29. The van der Waals surface area contributed by atoms with Crippen LogP contribution in [0.3, 0.4) is 0 Å². The standard InChI is InChI=1S/C13H20N6S2/c1-8(2)7-10-15-12(21-18-10)14-5-6-19-11(9-3-4-9)16-17-13(19)20/h8-9H,3-7H2,1-2H3,(H,17,20)(H,14,15,18). The minimum atomic E-state index is 0.581. The summed E-state index contributed by atoms with van der Waals surface area (Å²) in [6.07, 6.45) is 3.38. The Kier molecular flexibility index (Phi) is 4.34. The van der Waals surface area contributed by atoms with Crippen LogP contribution in [0.5, 0.6) is 0 Å². The van der Waals surface area contributed by atoms with Crippen molar-refractivity contribution >= 4 is 28.9 Å². The molecular formula is C13H20N6S2. The average Bonchev–Trinajstić information content (AvgIpc) is 3.08. The molecule has 2 N–H and O–H groups in total. The van der Waals surface area contributed by atoms with Gasteiger partial charge in [0.25, 0.3) is 0 Å². The first-order valence-corrected chi connectivity index (χ1v) is 8.53. The molecule has 3 rings (SSSR count). The van der Waals surface area contributed by atoms with Gasteiger partial charge in [-0.1, -0.05) is 13.8 Å². The fourth-order valence-electron chi connectivity index (χ4n) is 2.25. The highest BCUT2D eigenvalue weighted by molar-refractivity contribution is 7.71. The van der Waals surface area contributed by atoms with Crippen LogP contribution in [-0.4, -0.2) is 30.7 Å². The molecule has 2 aromatic heterocycles. The molecule has 0 aromatic carbocycles. The Balaban J connectivity index is 1.55. The summed E-state index contributed by atoms with van der Waals surface area (Å²) in [5.74, 6) is 3.20. The monoisotopic (exact) mass is 324 g/mol. The molecule has 0 atom stereocenters.